The molecule has 1 aromatic carbocycles. The molecule has 0 spiro atoms. The Morgan fingerprint density at radius 1 is 1.00 bits per heavy atom. The fourth-order valence-corrected chi connectivity index (χ4v) is 4.09. The minimum absolute atomic E-state index is 0.0574. The van der Waals surface area contributed by atoms with Crippen LogP contribution in [0.4, 0.5) is 0 Å². The van der Waals surface area contributed by atoms with Gasteiger partial charge in [0.2, 0.25) is 5.16 Å². The minimum atomic E-state index is -0.233. The lowest BCUT2D eigenvalue weighted by molar-refractivity contribution is 0.0999. The van der Waals surface area contributed by atoms with Gasteiger partial charge in [0.1, 0.15) is 0 Å². The van der Waals surface area contributed by atoms with Gasteiger partial charge in [-0.1, -0.05) is 30.0 Å². The number of hydrogen-bond donors (Lipinski definition) is 1. The van der Waals surface area contributed by atoms with E-state index in [4.69, 9.17) is 0 Å². The number of amides is 1. The molecular weight excluding hydrogens is 412 g/mol. The van der Waals surface area contributed by atoms with Crippen molar-refractivity contribution in [3.63, 3.8) is 0 Å². The van der Waals surface area contributed by atoms with E-state index >= 15 is 0 Å². The zero-order valence-corrected chi connectivity index (χ0v) is 18.5. The number of nitrogens with one attached hydrogen (secondary N) is 1. The lowest BCUT2D eigenvalue weighted by Crippen LogP contribution is -2.25. The van der Waals surface area contributed by atoms with Crippen LogP contribution in [0.15, 0.2) is 47.6 Å². The number of rotatable bonds is 6. The molecule has 0 unspecified atom stereocenters. The third-order valence-corrected chi connectivity index (χ3v) is 5.75. The van der Waals surface area contributed by atoms with Gasteiger partial charge in [-0.2, -0.15) is 4.98 Å². The second-order valence-corrected chi connectivity index (χ2v) is 8.23. The van der Waals surface area contributed by atoms with Crippen molar-refractivity contribution in [1.29, 1.82) is 0 Å². The molecule has 31 heavy (non-hydrogen) atoms. The summed E-state index contributed by atoms with van der Waals surface area (Å²) in [5.74, 6) is 0.418. The number of aromatic nitrogens is 5. The van der Waals surface area contributed by atoms with Crippen molar-refractivity contribution < 1.29 is 9.59 Å². The second kappa shape index (κ2) is 8.35. The van der Waals surface area contributed by atoms with E-state index in [0.29, 0.717) is 27.8 Å². The molecule has 0 radical (unpaired) electrons. The molecule has 0 aliphatic rings. The Kier molecular flexibility index (Phi) is 5.60. The Hall–Kier alpha value is -3.46. The number of ketones is 1. The summed E-state index contributed by atoms with van der Waals surface area (Å²) in [4.78, 5) is 34.1. The predicted octanol–water partition coefficient (Wildman–Crippen LogP) is 3.52. The van der Waals surface area contributed by atoms with Crippen LogP contribution in [0, 0.1) is 27.7 Å². The number of benzene rings is 1. The first kappa shape index (κ1) is 20.8. The van der Waals surface area contributed by atoms with Gasteiger partial charge in [0.25, 0.3) is 11.7 Å². The van der Waals surface area contributed by atoms with Gasteiger partial charge in [-0.05, 0) is 52.0 Å². The van der Waals surface area contributed by atoms with Crippen molar-refractivity contribution in [2.24, 2.45) is 0 Å². The van der Waals surface area contributed by atoms with Gasteiger partial charge in [-0.3, -0.25) is 19.7 Å². The van der Waals surface area contributed by atoms with Crippen LogP contribution in [0.1, 0.15) is 43.5 Å². The van der Waals surface area contributed by atoms with Gasteiger partial charge in [0.05, 0.1) is 5.75 Å². The number of nitrogens with zero attached hydrogens (tertiary/aromatic N) is 5. The van der Waals surface area contributed by atoms with Gasteiger partial charge < -0.3 is 0 Å². The number of Topliss-reactive ketones (excluding diaryl/α,β-unsaturated/α-hetero) is 1. The van der Waals surface area contributed by atoms with Crippen molar-refractivity contribution in [3.8, 4) is 0 Å². The summed E-state index contributed by atoms with van der Waals surface area (Å²) in [5.41, 5.74) is 7.23. The molecule has 4 aromatic rings. The van der Waals surface area contributed by atoms with E-state index in [2.05, 4.69) is 20.5 Å². The molecule has 0 bridgehead atoms. The fraction of sp³-hybridized carbons (Fsp3) is 0.227. The molecule has 1 N–H and O–H groups in total. The van der Waals surface area contributed by atoms with Gasteiger partial charge >= 0.3 is 0 Å². The van der Waals surface area contributed by atoms with Crippen LogP contribution in [0.5, 0.6) is 0 Å². The van der Waals surface area contributed by atoms with E-state index in [-0.39, 0.29) is 17.4 Å². The average Bonchev–Trinajstić information content (AvgIpc) is 3.28. The summed E-state index contributed by atoms with van der Waals surface area (Å²) in [6.45, 7) is 7.51. The van der Waals surface area contributed by atoms with E-state index in [1.807, 2.05) is 52.0 Å². The molecule has 0 aliphatic carbocycles. The lowest BCUT2D eigenvalue weighted by atomic mass is 10.2. The van der Waals surface area contributed by atoms with E-state index in [9.17, 15) is 9.59 Å². The normalized spacial score (nSPS) is 11.1. The molecule has 3 aromatic heterocycles. The van der Waals surface area contributed by atoms with Crippen molar-refractivity contribution in [1.82, 2.24) is 24.3 Å². The lowest BCUT2D eigenvalue weighted by Gasteiger charge is -2.11. The highest BCUT2D eigenvalue weighted by molar-refractivity contribution is 7.99. The molecule has 158 valence electrons. The Bertz CT molecular complexity index is 1290. The first-order valence-corrected chi connectivity index (χ1v) is 10.7. The third kappa shape index (κ3) is 4.22. The van der Waals surface area contributed by atoms with Gasteiger partial charge in [-0.15, -0.1) is 5.10 Å². The number of aryl methyl sites for hydroxylation is 3. The summed E-state index contributed by atoms with van der Waals surface area (Å²) in [5, 5.41) is 4.93. The number of carbonyl (C=O) groups is 2. The van der Waals surface area contributed by atoms with Crippen LogP contribution in [-0.4, -0.2) is 41.7 Å². The smallest absolute Gasteiger partial charge is 0.270 e. The Balaban J connectivity index is 1.48. The summed E-state index contributed by atoms with van der Waals surface area (Å²) in [6, 6.07) is 12.7. The number of fused-ring (bicyclic) bond motifs is 1. The maximum atomic E-state index is 12.9. The van der Waals surface area contributed by atoms with Crippen molar-refractivity contribution in [2.75, 3.05) is 11.2 Å². The average molecular weight is 435 g/mol. The van der Waals surface area contributed by atoms with Crippen LogP contribution in [-0.2, 0) is 0 Å². The monoisotopic (exact) mass is 434 g/mol. The van der Waals surface area contributed by atoms with Gasteiger partial charge in [0.15, 0.2) is 5.78 Å². The molecule has 9 heteroatoms. The zero-order valence-electron chi connectivity index (χ0n) is 17.7. The minimum Gasteiger partial charge on any atom is -0.293 e. The SMILES string of the molecule is Cc1cc(C)n2nc(SCC(=O)c3cc(C)n(NC(=O)c4ccccc4)c3C)nc2n1. The maximum Gasteiger partial charge on any atom is 0.270 e. The largest absolute Gasteiger partial charge is 0.293 e. The second-order valence-electron chi connectivity index (χ2n) is 7.28. The maximum absolute atomic E-state index is 12.9. The number of carbonyl (C=O) groups excluding carboxylic acids is 2. The van der Waals surface area contributed by atoms with E-state index in [1.54, 1.807) is 27.4 Å². The number of thioether (sulfide) groups is 1. The van der Waals surface area contributed by atoms with Crippen molar-refractivity contribution in [3.05, 3.63) is 76.4 Å². The standard InChI is InChI=1S/C22H22N6O2S/c1-13-10-14(2)28-21(23-13)24-22(26-28)31-12-19(29)18-11-15(3)27(16(18)4)25-20(30)17-8-6-5-7-9-17/h5-11H,12H2,1-4H3,(H,25,30). The van der Waals surface area contributed by atoms with Crippen LogP contribution >= 0.6 is 11.8 Å². The van der Waals surface area contributed by atoms with Crippen molar-refractivity contribution >= 4 is 29.2 Å². The molecule has 0 atom stereocenters. The highest BCUT2D eigenvalue weighted by Gasteiger charge is 2.19. The predicted molar refractivity (Wildman–Crippen MR) is 119 cm³/mol. The van der Waals surface area contributed by atoms with Crippen LogP contribution in [0.2, 0.25) is 0 Å². The Labute approximate surface area is 183 Å². The Morgan fingerprint density at radius 3 is 2.48 bits per heavy atom. The fourth-order valence-electron chi connectivity index (χ4n) is 3.39. The Morgan fingerprint density at radius 2 is 1.74 bits per heavy atom. The molecular formula is C22H22N6O2S. The molecule has 0 fully saturated rings. The molecule has 8 nitrogen and oxygen atoms in total. The topological polar surface area (TPSA) is 94.2 Å². The molecule has 1 amide bonds. The third-order valence-electron chi connectivity index (χ3n) is 4.91. The molecule has 4 rings (SSSR count). The zero-order chi connectivity index (χ0) is 22.1. The highest BCUT2D eigenvalue weighted by Crippen LogP contribution is 2.20. The summed E-state index contributed by atoms with van der Waals surface area (Å²) in [7, 11) is 0. The van der Waals surface area contributed by atoms with E-state index in [0.717, 1.165) is 17.1 Å². The summed E-state index contributed by atoms with van der Waals surface area (Å²) >= 11 is 1.27. The van der Waals surface area contributed by atoms with Gasteiger partial charge in [0, 0.05) is 33.9 Å². The van der Waals surface area contributed by atoms with Crippen LogP contribution in [0.3, 0.4) is 0 Å². The van der Waals surface area contributed by atoms with E-state index in [1.165, 1.54) is 11.8 Å². The molecule has 3 heterocycles. The molecule has 0 aliphatic heterocycles. The van der Waals surface area contributed by atoms with Gasteiger partial charge in [-0.25, -0.2) is 9.50 Å². The molecule has 0 saturated heterocycles. The van der Waals surface area contributed by atoms with E-state index < -0.39 is 0 Å². The quantitative estimate of drug-likeness (QED) is 0.369. The summed E-state index contributed by atoms with van der Waals surface area (Å²) in [6.07, 6.45) is 0. The van der Waals surface area contributed by atoms with Crippen LogP contribution < -0.4 is 5.43 Å². The first-order chi connectivity index (χ1) is 14.8. The van der Waals surface area contributed by atoms with Crippen LogP contribution in [0.25, 0.3) is 5.78 Å². The first-order valence-electron chi connectivity index (χ1n) is 9.76. The molecule has 0 saturated carbocycles. The van der Waals surface area contributed by atoms with Crippen molar-refractivity contribution in [2.45, 2.75) is 32.9 Å². The number of hydrogen-bond acceptors (Lipinski definition) is 6. The summed E-state index contributed by atoms with van der Waals surface area (Å²) < 4.78 is 3.32. The highest BCUT2D eigenvalue weighted by atomic mass is 32.2.